The van der Waals surface area contributed by atoms with Crippen molar-refractivity contribution >= 4 is 17.8 Å². The lowest BCUT2D eigenvalue weighted by Gasteiger charge is -2.17. The summed E-state index contributed by atoms with van der Waals surface area (Å²) < 4.78 is 15.8. The van der Waals surface area contributed by atoms with Crippen molar-refractivity contribution in [3.63, 3.8) is 0 Å². The maximum absolute atomic E-state index is 12.7. The molecule has 2 N–H and O–H groups in total. The summed E-state index contributed by atoms with van der Waals surface area (Å²) in [5.41, 5.74) is 0.302. The highest BCUT2D eigenvalue weighted by atomic mass is 16.5. The molecule has 1 heterocycles. The number of esters is 1. The van der Waals surface area contributed by atoms with Crippen molar-refractivity contribution in [1.82, 2.24) is 0 Å². The first kappa shape index (κ1) is 20.5. The number of hydrogen-bond donors (Lipinski definition) is 2. The molecule has 0 aliphatic carbocycles. The number of carbonyl (C=O) groups excluding carboxylic acids is 2. The van der Waals surface area contributed by atoms with Gasteiger partial charge in [0.15, 0.2) is 17.3 Å². The van der Waals surface area contributed by atoms with E-state index in [0.717, 1.165) is 0 Å². The van der Waals surface area contributed by atoms with Gasteiger partial charge in [0, 0.05) is 12.8 Å². The number of cyclic esters (lactones) is 1. The van der Waals surface area contributed by atoms with Crippen LogP contribution in [0.25, 0.3) is 6.08 Å². The molecule has 0 bridgehead atoms. The SMILES string of the molecule is COc1cc2c(c(O)c1OC)C(=O)O[C@@H](C)C/C=C\C(=O)CC(O)CC=C2. The third-order valence-electron chi connectivity index (χ3n) is 4.10. The molecule has 0 fully saturated rings. The van der Waals surface area contributed by atoms with Crippen molar-refractivity contribution in [3.05, 3.63) is 35.4 Å². The zero-order valence-corrected chi connectivity index (χ0v) is 15.6. The fourth-order valence-electron chi connectivity index (χ4n) is 2.76. The number of methoxy groups -OCH3 is 2. The molecule has 146 valence electrons. The standard InChI is InChI=1S/C20H24O7/c1-12-6-4-8-14(21)11-15(22)9-5-7-13-10-16(25-2)19(26-3)18(23)17(13)20(24)27-12/h4-5,7-8,10,12,15,22-23H,6,9,11H2,1-3H3/b7-5?,8-4-/t12-,15?/m0/s1. The number of ketones is 1. The number of fused-ring (bicyclic) bond motifs is 1. The summed E-state index contributed by atoms with van der Waals surface area (Å²) in [6, 6.07) is 1.54. The van der Waals surface area contributed by atoms with Gasteiger partial charge in [-0.3, -0.25) is 4.79 Å². The summed E-state index contributed by atoms with van der Waals surface area (Å²) in [6.45, 7) is 1.68. The van der Waals surface area contributed by atoms with Crippen molar-refractivity contribution in [2.75, 3.05) is 14.2 Å². The van der Waals surface area contributed by atoms with Crippen LogP contribution in [-0.2, 0) is 9.53 Å². The van der Waals surface area contributed by atoms with Crippen molar-refractivity contribution < 1.29 is 34.0 Å². The lowest BCUT2D eigenvalue weighted by atomic mass is 10.0. The molecule has 0 amide bonds. The zero-order chi connectivity index (χ0) is 20.0. The second kappa shape index (κ2) is 9.23. The van der Waals surface area contributed by atoms with Crippen LogP contribution < -0.4 is 9.47 Å². The molecule has 0 saturated heterocycles. The van der Waals surface area contributed by atoms with E-state index in [1.165, 1.54) is 20.3 Å². The summed E-state index contributed by atoms with van der Waals surface area (Å²) >= 11 is 0. The Bertz CT molecular complexity index is 764. The Morgan fingerprint density at radius 3 is 2.48 bits per heavy atom. The maximum atomic E-state index is 12.7. The minimum atomic E-state index is -0.845. The molecule has 0 spiro atoms. The summed E-state index contributed by atoms with van der Waals surface area (Å²) in [6.07, 6.45) is 5.34. The Hall–Kier alpha value is -2.80. The van der Waals surface area contributed by atoms with Gasteiger partial charge in [-0.15, -0.1) is 0 Å². The van der Waals surface area contributed by atoms with Crippen molar-refractivity contribution in [3.8, 4) is 17.2 Å². The first-order valence-corrected chi connectivity index (χ1v) is 8.60. The monoisotopic (exact) mass is 376 g/mol. The Labute approximate surface area is 157 Å². The van der Waals surface area contributed by atoms with Gasteiger partial charge in [-0.25, -0.2) is 4.79 Å². The third-order valence-corrected chi connectivity index (χ3v) is 4.10. The molecule has 7 nitrogen and oxygen atoms in total. The van der Waals surface area contributed by atoms with E-state index in [1.807, 2.05) is 0 Å². The highest BCUT2D eigenvalue weighted by Crippen LogP contribution is 2.42. The van der Waals surface area contributed by atoms with Gasteiger partial charge in [0.2, 0.25) is 5.75 Å². The van der Waals surface area contributed by atoms with Crippen LogP contribution >= 0.6 is 0 Å². The second-order valence-corrected chi connectivity index (χ2v) is 6.24. The number of aliphatic hydroxyl groups excluding tert-OH is 1. The number of aromatic hydroxyl groups is 1. The Kier molecular flexibility index (Phi) is 7.01. The summed E-state index contributed by atoms with van der Waals surface area (Å²) in [4.78, 5) is 24.4. The van der Waals surface area contributed by atoms with Gasteiger partial charge in [-0.1, -0.05) is 18.2 Å². The van der Waals surface area contributed by atoms with Gasteiger partial charge < -0.3 is 24.4 Å². The van der Waals surface area contributed by atoms with Crippen LogP contribution in [0, 0.1) is 0 Å². The van der Waals surface area contributed by atoms with Crippen LogP contribution in [0.5, 0.6) is 17.2 Å². The summed E-state index contributed by atoms with van der Waals surface area (Å²) in [5, 5.41) is 20.5. The Balaban J connectivity index is 2.52. The van der Waals surface area contributed by atoms with Crippen LogP contribution in [0.4, 0.5) is 0 Å². The molecule has 27 heavy (non-hydrogen) atoms. The smallest absolute Gasteiger partial charge is 0.342 e. The molecule has 0 radical (unpaired) electrons. The Morgan fingerprint density at radius 1 is 1.11 bits per heavy atom. The van der Waals surface area contributed by atoms with Crippen LogP contribution in [-0.4, -0.2) is 48.4 Å². The molecule has 7 heteroatoms. The number of phenolic OH excluding ortho intramolecular Hbond substituents is 1. The lowest BCUT2D eigenvalue weighted by molar-refractivity contribution is -0.116. The molecular formula is C20H24O7. The Morgan fingerprint density at radius 2 is 1.81 bits per heavy atom. The zero-order valence-electron chi connectivity index (χ0n) is 15.6. The molecule has 0 aromatic heterocycles. The van der Waals surface area contributed by atoms with Gasteiger partial charge in [-0.05, 0) is 31.1 Å². The van der Waals surface area contributed by atoms with E-state index in [9.17, 15) is 19.8 Å². The molecule has 0 saturated carbocycles. The highest BCUT2D eigenvalue weighted by molar-refractivity contribution is 5.98. The van der Waals surface area contributed by atoms with E-state index in [1.54, 1.807) is 31.2 Å². The fraction of sp³-hybridized carbons (Fsp3) is 0.400. The van der Waals surface area contributed by atoms with E-state index >= 15 is 0 Å². The van der Waals surface area contributed by atoms with Crippen LogP contribution in [0.1, 0.15) is 42.1 Å². The molecule has 2 rings (SSSR count). The third kappa shape index (κ3) is 5.10. The number of benzene rings is 1. The van der Waals surface area contributed by atoms with Gasteiger partial charge in [0.05, 0.1) is 20.3 Å². The number of aliphatic hydroxyl groups is 1. The van der Waals surface area contributed by atoms with E-state index in [4.69, 9.17) is 14.2 Å². The van der Waals surface area contributed by atoms with Gasteiger partial charge >= 0.3 is 5.97 Å². The number of rotatable bonds is 2. The minimum absolute atomic E-state index is 0.000943. The van der Waals surface area contributed by atoms with Gasteiger partial charge in [0.25, 0.3) is 0 Å². The van der Waals surface area contributed by atoms with E-state index in [-0.39, 0.29) is 41.4 Å². The molecule has 2 atom stereocenters. The second-order valence-electron chi connectivity index (χ2n) is 6.24. The number of ether oxygens (including phenoxy) is 3. The number of hydrogen-bond acceptors (Lipinski definition) is 7. The fourth-order valence-corrected chi connectivity index (χ4v) is 2.76. The lowest BCUT2D eigenvalue weighted by Crippen LogP contribution is -2.16. The molecule has 1 aromatic carbocycles. The van der Waals surface area contributed by atoms with Crippen molar-refractivity contribution in [2.24, 2.45) is 0 Å². The van der Waals surface area contributed by atoms with Crippen LogP contribution in [0.2, 0.25) is 0 Å². The molecule has 1 aliphatic rings. The number of carbonyl (C=O) groups is 2. The predicted molar refractivity (Wildman–Crippen MR) is 99.1 cm³/mol. The number of phenols is 1. The van der Waals surface area contributed by atoms with Crippen molar-refractivity contribution in [2.45, 2.75) is 38.4 Å². The minimum Gasteiger partial charge on any atom is -0.504 e. The molecular weight excluding hydrogens is 352 g/mol. The summed E-state index contributed by atoms with van der Waals surface area (Å²) in [5.74, 6) is -1.03. The average Bonchev–Trinajstić information content (AvgIpc) is 2.60. The topological polar surface area (TPSA) is 102 Å². The molecule has 1 unspecified atom stereocenters. The highest BCUT2D eigenvalue weighted by Gasteiger charge is 2.25. The van der Waals surface area contributed by atoms with Gasteiger partial charge in [-0.2, -0.15) is 0 Å². The summed E-state index contributed by atoms with van der Waals surface area (Å²) in [7, 11) is 2.77. The maximum Gasteiger partial charge on any atom is 0.342 e. The average molecular weight is 376 g/mol. The van der Waals surface area contributed by atoms with Crippen LogP contribution in [0.15, 0.2) is 24.3 Å². The van der Waals surface area contributed by atoms with E-state index in [0.29, 0.717) is 12.0 Å². The van der Waals surface area contributed by atoms with Crippen molar-refractivity contribution in [1.29, 1.82) is 0 Å². The largest absolute Gasteiger partial charge is 0.504 e. The number of allylic oxidation sites excluding steroid dienone is 1. The first-order valence-electron chi connectivity index (χ1n) is 8.60. The first-order chi connectivity index (χ1) is 12.9. The normalized spacial score (nSPS) is 22.4. The van der Waals surface area contributed by atoms with E-state index in [2.05, 4.69) is 0 Å². The van der Waals surface area contributed by atoms with E-state index < -0.39 is 18.2 Å². The van der Waals surface area contributed by atoms with Crippen LogP contribution in [0.3, 0.4) is 0 Å². The molecule has 1 aliphatic heterocycles. The van der Waals surface area contributed by atoms with Gasteiger partial charge in [0.1, 0.15) is 11.7 Å². The molecule has 1 aromatic rings. The predicted octanol–water partition coefficient (Wildman–Crippen LogP) is 2.64. The quantitative estimate of drug-likeness (QED) is 0.765.